The molecule has 1 aromatic carbocycles. The van der Waals surface area contributed by atoms with Crippen LogP contribution in [0.3, 0.4) is 0 Å². The SMILES string of the molecule is CCCCN(C(=O)CCc1nc(-c2ccco2)no1)c1ccccc1. The van der Waals surface area contributed by atoms with Crippen LogP contribution in [0.25, 0.3) is 11.6 Å². The second-order valence-corrected chi connectivity index (χ2v) is 5.72. The van der Waals surface area contributed by atoms with Crippen molar-refractivity contribution in [3.63, 3.8) is 0 Å². The Morgan fingerprint density at radius 2 is 2.00 bits per heavy atom. The number of nitrogens with zero attached hydrogens (tertiary/aromatic N) is 3. The van der Waals surface area contributed by atoms with Crippen molar-refractivity contribution >= 4 is 11.6 Å². The summed E-state index contributed by atoms with van der Waals surface area (Å²) in [5.74, 6) is 1.44. The Bertz CT molecular complexity index is 781. The fourth-order valence-corrected chi connectivity index (χ4v) is 2.53. The molecule has 0 aliphatic heterocycles. The molecule has 6 nitrogen and oxygen atoms in total. The first kappa shape index (κ1) is 17.0. The molecule has 0 unspecified atom stereocenters. The molecule has 0 atom stereocenters. The molecule has 2 aromatic heterocycles. The van der Waals surface area contributed by atoms with Crippen molar-refractivity contribution in [2.45, 2.75) is 32.6 Å². The topological polar surface area (TPSA) is 72.4 Å². The summed E-state index contributed by atoms with van der Waals surface area (Å²) >= 11 is 0. The molecule has 0 bridgehead atoms. The highest BCUT2D eigenvalue weighted by Gasteiger charge is 2.17. The van der Waals surface area contributed by atoms with E-state index in [4.69, 9.17) is 8.94 Å². The van der Waals surface area contributed by atoms with E-state index in [1.807, 2.05) is 35.2 Å². The number of rotatable bonds is 8. The minimum Gasteiger partial charge on any atom is -0.461 e. The van der Waals surface area contributed by atoms with Crippen molar-refractivity contribution < 1.29 is 13.7 Å². The Hall–Kier alpha value is -2.89. The maximum atomic E-state index is 12.7. The average molecular weight is 339 g/mol. The van der Waals surface area contributed by atoms with Gasteiger partial charge in [-0.05, 0) is 30.7 Å². The van der Waals surface area contributed by atoms with E-state index in [1.54, 1.807) is 18.4 Å². The summed E-state index contributed by atoms with van der Waals surface area (Å²) in [5.41, 5.74) is 0.919. The van der Waals surface area contributed by atoms with Gasteiger partial charge in [0.05, 0.1) is 6.26 Å². The number of aryl methyl sites for hydroxylation is 1. The molecule has 0 aliphatic carbocycles. The van der Waals surface area contributed by atoms with Gasteiger partial charge in [-0.2, -0.15) is 4.98 Å². The summed E-state index contributed by atoms with van der Waals surface area (Å²) in [6.45, 7) is 2.82. The second-order valence-electron chi connectivity index (χ2n) is 5.72. The Morgan fingerprint density at radius 3 is 2.72 bits per heavy atom. The highest BCUT2D eigenvalue weighted by Crippen LogP contribution is 2.18. The lowest BCUT2D eigenvalue weighted by molar-refractivity contribution is -0.118. The molecule has 0 fully saturated rings. The molecule has 0 saturated carbocycles. The van der Waals surface area contributed by atoms with Gasteiger partial charge in [0.1, 0.15) is 0 Å². The van der Waals surface area contributed by atoms with Gasteiger partial charge in [0.2, 0.25) is 17.6 Å². The van der Waals surface area contributed by atoms with Crippen LogP contribution in [0.15, 0.2) is 57.7 Å². The van der Waals surface area contributed by atoms with Gasteiger partial charge in [-0.15, -0.1) is 0 Å². The first-order chi connectivity index (χ1) is 12.3. The molecule has 3 aromatic rings. The molecule has 0 spiro atoms. The molecular weight excluding hydrogens is 318 g/mol. The Balaban J connectivity index is 1.63. The first-order valence-electron chi connectivity index (χ1n) is 8.50. The van der Waals surface area contributed by atoms with Crippen LogP contribution in [0.1, 0.15) is 32.1 Å². The lowest BCUT2D eigenvalue weighted by Crippen LogP contribution is -2.32. The maximum Gasteiger partial charge on any atom is 0.238 e. The number of aromatic nitrogens is 2. The highest BCUT2D eigenvalue weighted by molar-refractivity contribution is 5.93. The van der Waals surface area contributed by atoms with E-state index in [0.29, 0.717) is 36.9 Å². The van der Waals surface area contributed by atoms with Crippen molar-refractivity contribution in [2.24, 2.45) is 0 Å². The van der Waals surface area contributed by atoms with E-state index >= 15 is 0 Å². The van der Waals surface area contributed by atoms with E-state index in [-0.39, 0.29) is 5.91 Å². The first-order valence-corrected chi connectivity index (χ1v) is 8.50. The molecule has 1 amide bonds. The minimum atomic E-state index is 0.0531. The number of carbonyl (C=O) groups is 1. The third-order valence-electron chi connectivity index (χ3n) is 3.87. The summed E-state index contributed by atoms with van der Waals surface area (Å²) in [4.78, 5) is 18.8. The molecule has 0 saturated heterocycles. The van der Waals surface area contributed by atoms with Gasteiger partial charge in [-0.25, -0.2) is 0 Å². The number of anilines is 1. The quantitative estimate of drug-likeness (QED) is 0.618. The van der Waals surface area contributed by atoms with Crippen LogP contribution in [-0.2, 0) is 11.2 Å². The molecule has 6 heteroatoms. The number of furan rings is 1. The number of hydrogen-bond acceptors (Lipinski definition) is 5. The Morgan fingerprint density at radius 1 is 1.16 bits per heavy atom. The predicted octanol–water partition coefficient (Wildman–Crippen LogP) is 4.10. The standard InChI is InChI=1S/C19H21N3O3/c1-2-3-13-22(15-8-5-4-6-9-15)18(23)12-11-17-20-19(21-25-17)16-10-7-14-24-16/h4-10,14H,2-3,11-13H2,1H3. The monoisotopic (exact) mass is 339 g/mol. The molecule has 0 radical (unpaired) electrons. The van der Waals surface area contributed by atoms with Crippen LogP contribution in [-0.4, -0.2) is 22.6 Å². The molecule has 3 rings (SSSR count). The van der Waals surface area contributed by atoms with Crippen molar-refractivity contribution in [3.05, 3.63) is 54.6 Å². The molecule has 25 heavy (non-hydrogen) atoms. The third kappa shape index (κ3) is 4.35. The Kier molecular flexibility index (Phi) is 5.61. The van der Waals surface area contributed by atoms with Gasteiger partial charge < -0.3 is 13.8 Å². The van der Waals surface area contributed by atoms with Crippen molar-refractivity contribution in [1.82, 2.24) is 10.1 Å². The zero-order valence-corrected chi connectivity index (χ0v) is 14.2. The molecule has 130 valence electrons. The van der Waals surface area contributed by atoms with Crippen molar-refractivity contribution in [3.8, 4) is 11.6 Å². The van der Waals surface area contributed by atoms with Gasteiger partial charge in [0, 0.05) is 25.1 Å². The summed E-state index contributed by atoms with van der Waals surface area (Å²) in [6.07, 6.45) is 4.28. The van der Waals surface area contributed by atoms with Gasteiger partial charge in [-0.3, -0.25) is 4.79 Å². The fraction of sp³-hybridized carbons (Fsp3) is 0.316. The lowest BCUT2D eigenvalue weighted by atomic mass is 10.2. The molecule has 0 aliphatic rings. The fourth-order valence-electron chi connectivity index (χ4n) is 2.53. The number of para-hydroxylation sites is 1. The molecule has 2 heterocycles. The predicted molar refractivity (Wildman–Crippen MR) is 94.0 cm³/mol. The average Bonchev–Trinajstić information content (AvgIpc) is 3.32. The summed E-state index contributed by atoms with van der Waals surface area (Å²) < 4.78 is 10.5. The largest absolute Gasteiger partial charge is 0.461 e. The van der Waals surface area contributed by atoms with E-state index in [1.165, 1.54) is 0 Å². The summed E-state index contributed by atoms with van der Waals surface area (Å²) in [5, 5.41) is 3.88. The van der Waals surface area contributed by atoms with Crippen LogP contribution < -0.4 is 4.90 Å². The van der Waals surface area contributed by atoms with E-state index < -0.39 is 0 Å². The lowest BCUT2D eigenvalue weighted by Gasteiger charge is -2.22. The van der Waals surface area contributed by atoms with Gasteiger partial charge in [-0.1, -0.05) is 36.7 Å². The number of carbonyl (C=O) groups excluding carboxylic acids is 1. The third-order valence-corrected chi connectivity index (χ3v) is 3.87. The Labute approximate surface area is 146 Å². The maximum absolute atomic E-state index is 12.7. The number of amides is 1. The summed E-state index contributed by atoms with van der Waals surface area (Å²) in [7, 11) is 0. The van der Waals surface area contributed by atoms with Gasteiger partial charge >= 0.3 is 0 Å². The normalized spacial score (nSPS) is 10.8. The van der Waals surface area contributed by atoms with Gasteiger partial charge in [0.25, 0.3) is 0 Å². The second kappa shape index (κ2) is 8.28. The molecule has 0 N–H and O–H groups in total. The smallest absolute Gasteiger partial charge is 0.238 e. The van der Waals surface area contributed by atoms with E-state index in [2.05, 4.69) is 17.1 Å². The van der Waals surface area contributed by atoms with Crippen LogP contribution in [0.4, 0.5) is 5.69 Å². The zero-order valence-electron chi connectivity index (χ0n) is 14.2. The highest BCUT2D eigenvalue weighted by atomic mass is 16.5. The molecular formula is C19H21N3O3. The van der Waals surface area contributed by atoms with Gasteiger partial charge in [0.15, 0.2) is 5.76 Å². The number of benzene rings is 1. The van der Waals surface area contributed by atoms with E-state index in [0.717, 1.165) is 18.5 Å². The van der Waals surface area contributed by atoms with E-state index in [9.17, 15) is 4.79 Å². The minimum absolute atomic E-state index is 0.0531. The van der Waals surface area contributed by atoms with Crippen molar-refractivity contribution in [2.75, 3.05) is 11.4 Å². The number of hydrogen-bond donors (Lipinski definition) is 0. The summed E-state index contributed by atoms with van der Waals surface area (Å²) in [6, 6.07) is 13.3. The van der Waals surface area contributed by atoms with Crippen LogP contribution in [0.5, 0.6) is 0 Å². The number of unbranched alkanes of at least 4 members (excludes halogenated alkanes) is 1. The van der Waals surface area contributed by atoms with Crippen molar-refractivity contribution in [1.29, 1.82) is 0 Å². The van der Waals surface area contributed by atoms with Crippen LogP contribution in [0.2, 0.25) is 0 Å². The van der Waals surface area contributed by atoms with Crippen LogP contribution >= 0.6 is 0 Å². The van der Waals surface area contributed by atoms with Crippen LogP contribution in [0, 0.1) is 0 Å². The zero-order chi connectivity index (χ0) is 17.5.